The summed E-state index contributed by atoms with van der Waals surface area (Å²) in [5.74, 6) is -0.417. The fourth-order valence-electron chi connectivity index (χ4n) is 5.68. The average molecular weight is 618 g/mol. The van der Waals surface area contributed by atoms with Crippen LogP contribution in [0.5, 0.6) is 0 Å². The number of benzene rings is 1. The van der Waals surface area contributed by atoms with Crippen molar-refractivity contribution in [2.75, 3.05) is 32.8 Å². The predicted molar refractivity (Wildman–Crippen MR) is 177 cm³/mol. The van der Waals surface area contributed by atoms with E-state index in [0.29, 0.717) is 26.1 Å². The molecule has 7 heteroatoms. The Labute approximate surface area is 268 Å². The molecule has 0 unspecified atom stereocenters. The van der Waals surface area contributed by atoms with E-state index in [-0.39, 0.29) is 37.9 Å². The number of unbranched alkanes of at least 4 members (excludes halogenated alkanes) is 10. The summed E-state index contributed by atoms with van der Waals surface area (Å²) in [6, 6.07) is 5.97. The van der Waals surface area contributed by atoms with E-state index in [4.69, 9.17) is 18.9 Å². The molecule has 0 saturated carbocycles. The van der Waals surface area contributed by atoms with Crippen molar-refractivity contribution in [2.24, 2.45) is 0 Å². The summed E-state index contributed by atoms with van der Waals surface area (Å²) in [7, 11) is 0. The summed E-state index contributed by atoms with van der Waals surface area (Å²) in [4.78, 5) is 27.3. The molecule has 0 aliphatic carbocycles. The average Bonchev–Trinajstić information content (AvgIpc) is 3.53. The Morgan fingerprint density at radius 1 is 0.682 bits per heavy atom. The van der Waals surface area contributed by atoms with E-state index in [1.54, 1.807) is 0 Å². The Bertz CT molecular complexity index is 867. The number of rotatable bonds is 27. The number of nitrogens with zero attached hydrogens (tertiary/aromatic N) is 1. The van der Waals surface area contributed by atoms with Gasteiger partial charge in [0.25, 0.3) is 0 Å². The molecular weight excluding hydrogens is 554 g/mol. The number of carbonyl (C=O) groups is 2. The zero-order chi connectivity index (χ0) is 31.7. The van der Waals surface area contributed by atoms with E-state index < -0.39 is 0 Å². The Kier molecular flexibility index (Phi) is 21.9. The Morgan fingerprint density at radius 3 is 1.73 bits per heavy atom. The SMILES string of the molecule is CCCCCCCCOC(CCC(=O)OCc1cc(C)cc(COC(=O)CCCN2CCCC2)c1)OCCCCCCCC. The van der Waals surface area contributed by atoms with Gasteiger partial charge in [-0.3, -0.25) is 9.59 Å². The minimum Gasteiger partial charge on any atom is -0.461 e. The molecule has 0 bridgehead atoms. The van der Waals surface area contributed by atoms with E-state index in [0.717, 1.165) is 55.6 Å². The maximum absolute atomic E-state index is 12.6. The van der Waals surface area contributed by atoms with Gasteiger partial charge in [-0.15, -0.1) is 0 Å². The number of ether oxygens (including phenoxy) is 4. The molecular formula is C37H63NO6. The third-order valence-electron chi connectivity index (χ3n) is 8.24. The van der Waals surface area contributed by atoms with Gasteiger partial charge in [-0.05, 0) is 75.9 Å². The van der Waals surface area contributed by atoms with Crippen LogP contribution in [0.2, 0.25) is 0 Å². The Hall–Kier alpha value is -1.96. The van der Waals surface area contributed by atoms with Crippen molar-refractivity contribution in [3.8, 4) is 0 Å². The molecule has 1 fully saturated rings. The van der Waals surface area contributed by atoms with Crippen molar-refractivity contribution in [3.63, 3.8) is 0 Å². The maximum atomic E-state index is 12.6. The first-order chi connectivity index (χ1) is 21.5. The van der Waals surface area contributed by atoms with E-state index in [1.165, 1.54) is 77.0 Å². The van der Waals surface area contributed by atoms with Crippen LogP contribution in [-0.4, -0.2) is 56.0 Å². The number of likely N-dealkylation sites (tertiary alicyclic amines) is 1. The van der Waals surface area contributed by atoms with Crippen molar-refractivity contribution < 1.29 is 28.5 Å². The van der Waals surface area contributed by atoms with E-state index in [9.17, 15) is 9.59 Å². The summed E-state index contributed by atoms with van der Waals surface area (Å²) in [5.41, 5.74) is 2.86. The van der Waals surface area contributed by atoms with Crippen molar-refractivity contribution in [1.29, 1.82) is 0 Å². The maximum Gasteiger partial charge on any atom is 0.306 e. The second-order valence-corrected chi connectivity index (χ2v) is 12.5. The third-order valence-corrected chi connectivity index (χ3v) is 8.24. The molecule has 252 valence electrons. The third kappa shape index (κ3) is 19.4. The highest BCUT2D eigenvalue weighted by Gasteiger charge is 2.15. The molecule has 2 rings (SSSR count). The lowest BCUT2D eigenvalue weighted by Gasteiger charge is -2.18. The number of hydrogen-bond donors (Lipinski definition) is 0. The predicted octanol–water partition coefficient (Wildman–Crippen LogP) is 8.82. The number of hydrogen-bond acceptors (Lipinski definition) is 7. The van der Waals surface area contributed by atoms with Gasteiger partial charge in [0, 0.05) is 26.1 Å². The topological polar surface area (TPSA) is 74.3 Å². The first-order valence-electron chi connectivity index (χ1n) is 17.9. The van der Waals surface area contributed by atoms with Gasteiger partial charge in [-0.1, -0.05) is 95.8 Å². The van der Waals surface area contributed by atoms with E-state index in [2.05, 4.69) is 18.7 Å². The van der Waals surface area contributed by atoms with Crippen LogP contribution in [0, 0.1) is 6.92 Å². The van der Waals surface area contributed by atoms with Crippen molar-refractivity contribution in [3.05, 3.63) is 34.9 Å². The van der Waals surface area contributed by atoms with Gasteiger partial charge >= 0.3 is 11.9 Å². The molecule has 1 aliphatic rings. The summed E-state index contributed by atoms with van der Waals surface area (Å²) < 4.78 is 23.3. The van der Waals surface area contributed by atoms with Crippen LogP contribution in [0.1, 0.15) is 146 Å². The number of aryl methyl sites for hydroxylation is 1. The molecule has 0 spiro atoms. The fourth-order valence-corrected chi connectivity index (χ4v) is 5.68. The lowest BCUT2D eigenvalue weighted by Crippen LogP contribution is -2.21. The van der Waals surface area contributed by atoms with Crippen molar-refractivity contribution >= 4 is 11.9 Å². The molecule has 1 heterocycles. The first-order valence-corrected chi connectivity index (χ1v) is 17.9. The molecule has 44 heavy (non-hydrogen) atoms. The van der Waals surface area contributed by atoms with Crippen molar-refractivity contribution in [2.45, 2.75) is 156 Å². The van der Waals surface area contributed by atoms with Gasteiger partial charge in [0.15, 0.2) is 6.29 Å². The molecule has 1 aliphatic heterocycles. The van der Waals surface area contributed by atoms with Gasteiger partial charge in [-0.25, -0.2) is 0 Å². The zero-order valence-electron chi connectivity index (χ0n) is 28.4. The van der Waals surface area contributed by atoms with Gasteiger partial charge in [0.05, 0.1) is 6.42 Å². The molecule has 1 saturated heterocycles. The Morgan fingerprint density at radius 2 is 1.18 bits per heavy atom. The molecule has 1 aromatic rings. The minimum absolute atomic E-state index is 0.161. The quantitative estimate of drug-likeness (QED) is 0.0555. The normalized spacial score (nSPS) is 13.5. The minimum atomic E-state index is -0.371. The van der Waals surface area contributed by atoms with E-state index in [1.807, 2.05) is 25.1 Å². The number of esters is 2. The lowest BCUT2D eigenvalue weighted by molar-refractivity contribution is -0.160. The van der Waals surface area contributed by atoms with Gasteiger partial charge in [0.1, 0.15) is 13.2 Å². The number of carbonyl (C=O) groups excluding carboxylic acids is 2. The van der Waals surface area contributed by atoms with Gasteiger partial charge in [0.2, 0.25) is 0 Å². The highest BCUT2D eigenvalue weighted by molar-refractivity contribution is 5.69. The van der Waals surface area contributed by atoms with Gasteiger partial charge in [-0.2, -0.15) is 0 Å². The van der Waals surface area contributed by atoms with Crippen molar-refractivity contribution in [1.82, 2.24) is 4.90 Å². The highest BCUT2D eigenvalue weighted by atomic mass is 16.7. The van der Waals surface area contributed by atoms with Crippen LogP contribution in [0.25, 0.3) is 0 Å². The van der Waals surface area contributed by atoms with Crippen LogP contribution >= 0.6 is 0 Å². The Balaban J connectivity index is 1.70. The summed E-state index contributed by atoms with van der Waals surface area (Å²) in [6.07, 6.45) is 18.7. The lowest BCUT2D eigenvalue weighted by atomic mass is 10.1. The molecule has 1 aromatic carbocycles. The standard InChI is InChI=1S/C37H63NO6/c1-4-6-8-10-12-16-25-41-37(42-26-17-13-11-9-7-5-2)21-20-36(40)44-31-34-28-32(3)27-33(29-34)30-43-35(39)19-18-24-38-22-14-15-23-38/h27-29,37H,4-26,30-31H2,1-3H3. The van der Waals surface area contributed by atoms with Gasteiger partial charge < -0.3 is 23.8 Å². The second kappa shape index (κ2) is 25.3. The molecule has 0 N–H and O–H groups in total. The van der Waals surface area contributed by atoms with E-state index >= 15 is 0 Å². The monoisotopic (exact) mass is 617 g/mol. The smallest absolute Gasteiger partial charge is 0.306 e. The molecule has 0 amide bonds. The fraction of sp³-hybridized carbons (Fsp3) is 0.784. The first kappa shape index (κ1) is 38.2. The van der Waals surface area contributed by atoms with Crippen LogP contribution < -0.4 is 0 Å². The van der Waals surface area contributed by atoms with Crippen LogP contribution in [0.4, 0.5) is 0 Å². The molecule has 7 nitrogen and oxygen atoms in total. The second-order valence-electron chi connectivity index (χ2n) is 12.5. The zero-order valence-corrected chi connectivity index (χ0v) is 28.4. The van der Waals surface area contributed by atoms with Crippen LogP contribution in [0.3, 0.4) is 0 Å². The molecule has 0 aromatic heterocycles. The molecule has 0 atom stereocenters. The highest BCUT2D eigenvalue weighted by Crippen LogP contribution is 2.16. The van der Waals surface area contributed by atoms with Crippen LogP contribution in [-0.2, 0) is 41.8 Å². The van der Waals surface area contributed by atoms with Crippen LogP contribution in [0.15, 0.2) is 18.2 Å². The summed E-state index contributed by atoms with van der Waals surface area (Å²) in [5, 5.41) is 0. The summed E-state index contributed by atoms with van der Waals surface area (Å²) >= 11 is 0. The summed E-state index contributed by atoms with van der Waals surface area (Å²) in [6.45, 7) is 11.5. The largest absolute Gasteiger partial charge is 0.461 e. The molecule has 0 radical (unpaired) electrons.